The molecule has 0 radical (unpaired) electrons. The van der Waals surface area contributed by atoms with Gasteiger partial charge in [0.2, 0.25) is 0 Å². The SMILES string of the molecule is CCC(NC(C)Cc1ccco1)c1ccc(F)cc1. The first-order valence-electron chi connectivity index (χ1n) is 6.73. The summed E-state index contributed by atoms with van der Waals surface area (Å²) in [6, 6.07) is 11.1. The molecule has 1 heterocycles. The van der Waals surface area contributed by atoms with Crippen molar-refractivity contribution in [1.82, 2.24) is 5.32 Å². The lowest BCUT2D eigenvalue weighted by atomic mass is 10.0. The van der Waals surface area contributed by atoms with Gasteiger partial charge in [0.1, 0.15) is 11.6 Å². The van der Waals surface area contributed by atoms with Crippen LogP contribution < -0.4 is 5.32 Å². The minimum atomic E-state index is -0.192. The molecule has 19 heavy (non-hydrogen) atoms. The third kappa shape index (κ3) is 3.93. The summed E-state index contributed by atoms with van der Waals surface area (Å²) < 4.78 is 18.3. The van der Waals surface area contributed by atoms with E-state index in [9.17, 15) is 4.39 Å². The van der Waals surface area contributed by atoms with Gasteiger partial charge in [-0.15, -0.1) is 0 Å². The first-order chi connectivity index (χ1) is 9.19. The predicted molar refractivity (Wildman–Crippen MR) is 74.4 cm³/mol. The minimum Gasteiger partial charge on any atom is -0.469 e. The summed E-state index contributed by atoms with van der Waals surface area (Å²) in [5.74, 6) is 0.788. The van der Waals surface area contributed by atoms with Crippen molar-refractivity contribution in [2.75, 3.05) is 0 Å². The van der Waals surface area contributed by atoms with Gasteiger partial charge in [-0.05, 0) is 43.2 Å². The zero-order valence-corrected chi connectivity index (χ0v) is 11.4. The van der Waals surface area contributed by atoms with Gasteiger partial charge < -0.3 is 9.73 Å². The molecule has 102 valence electrons. The Morgan fingerprint density at radius 2 is 1.95 bits per heavy atom. The highest BCUT2D eigenvalue weighted by Gasteiger charge is 2.13. The number of hydrogen-bond acceptors (Lipinski definition) is 2. The van der Waals surface area contributed by atoms with E-state index in [1.54, 1.807) is 6.26 Å². The summed E-state index contributed by atoms with van der Waals surface area (Å²) >= 11 is 0. The lowest BCUT2D eigenvalue weighted by Crippen LogP contribution is -2.31. The zero-order valence-electron chi connectivity index (χ0n) is 11.4. The van der Waals surface area contributed by atoms with Crippen molar-refractivity contribution in [2.24, 2.45) is 0 Å². The number of hydrogen-bond donors (Lipinski definition) is 1. The monoisotopic (exact) mass is 261 g/mol. The van der Waals surface area contributed by atoms with Crippen LogP contribution >= 0.6 is 0 Å². The average Bonchev–Trinajstić information content (AvgIpc) is 2.90. The molecule has 0 saturated heterocycles. The standard InChI is InChI=1S/C16H20FNO/c1-3-16(13-6-8-14(17)9-7-13)18-12(2)11-15-5-4-10-19-15/h4-10,12,16,18H,3,11H2,1-2H3. The Labute approximate surface area is 113 Å². The molecule has 0 saturated carbocycles. The van der Waals surface area contributed by atoms with Crippen LogP contribution in [-0.4, -0.2) is 6.04 Å². The highest BCUT2D eigenvalue weighted by molar-refractivity contribution is 5.20. The second-order valence-corrected chi connectivity index (χ2v) is 4.86. The van der Waals surface area contributed by atoms with Crippen LogP contribution in [0.5, 0.6) is 0 Å². The Bertz CT molecular complexity index is 478. The maximum Gasteiger partial charge on any atom is 0.123 e. The molecule has 2 atom stereocenters. The number of benzene rings is 1. The van der Waals surface area contributed by atoms with Crippen molar-refractivity contribution in [3.05, 3.63) is 59.8 Å². The van der Waals surface area contributed by atoms with Crippen molar-refractivity contribution in [2.45, 2.75) is 38.8 Å². The average molecular weight is 261 g/mol. The molecular weight excluding hydrogens is 241 g/mol. The lowest BCUT2D eigenvalue weighted by Gasteiger charge is -2.22. The van der Waals surface area contributed by atoms with Gasteiger partial charge in [0, 0.05) is 18.5 Å². The highest BCUT2D eigenvalue weighted by Crippen LogP contribution is 2.18. The number of furan rings is 1. The molecule has 2 unspecified atom stereocenters. The van der Waals surface area contributed by atoms with E-state index >= 15 is 0 Å². The van der Waals surface area contributed by atoms with Crippen LogP contribution in [0.4, 0.5) is 4.39 Å². The first kappa shape index (κ1) is 13.8. The Morgan fingerprint density at radius 3 is 2.53 bits per heavy atom. The van der Waals surface area contributed by atoms with E-state index in [1.165, 1.54) is 12.1 Å². The molecule has 3 heteroatoms. The number of halogens is 1. The summed E-state index contributed by atoms with van der Waals surface area (Å²) in [5.41, 5.74) is 1.12. The fourth-order valence-corrected chi connectivity index (χ4v) is 2.28. The van der Waals surface area contributed by atoms with Gasteiger partial charge in [0.25, 0.3) is 0 Å². The summed E-state index contributed by atoms with van der Waals surface area (Å²) in [6.45, 7) is 4.26. The van der Waals surface area contributed by atoms with Crippen LogP contribution in [0.3, 0.4) is 0 Å². The molecular formula is C16H20FNO. The summed E-state index contributed by atoms with van der Waals surface area (Å²) in [6.07, 6.45) is 3.51. The summed E-state index contributed by atoms with van der Waals surface area (Å²) in [4.78, 5) is 0. The molecule has 1 aromatic carbocycles. The van der Waals surface area contributed by atoms with Crippen LogP contribution in [0.25, 0.3) is 0 Å². The fourth-order valence-electron chi connectivity index (χ4n) is 2.28. The predicted octanol–water partition coefficient (Wildman–Crippen LogP) is 4.09. The molecule has 2 nitrogen and oxygen atoms in total. The Balaban J connectivity index is 1.96. The van der Waals surface area contributed by atoms with Gasteiger partial charge in [-0.3, -0.25) is 0 Å². The van der Waals surface area contributed by atoms with Crippen LogP contribution in [0.15, 0.2) is 47.1 Å². The maximum atomic E-state index is 12.9. The molecule has 0 spiro atoms. The van der Waals surface area contributed by atoms with Gasteiger partial charge in [-0.2, -0.15) is 0 Å². The summed E-state index contributed by atoms with van der Waals surface area (Å²) in [5, 5.41) is 3.56. The van der Waals surface area contributed by atoms with Crippen LogP contribution in [0, 0.1) is 5.82 Å². The molecule has 1 N–H and O–H groups in total. The van der Waals surface area contributed by atoms with Gasteiger partial charge >= 0.3 is 0 Å². The number of nitrogens with one attached hydrogen (secondary N) is 1. The molecule has 0 bridgehead atoms. The Kier molecular flexibility index (Phi) is 4.74. The van der Waals surface area contributed by atoms with Crippen LogP contribution in [-0.2, 0) is 6.42 Å². The van der Waals surface area contributed by atoms with E-state index in [-0.39, 0.29) is 11.9 Å². The molecule has 0 fully saturated rings. The first-order valence-corrected chi connectivity index (χ1v) is 6.73. The summed E-state index contributed by atoms with van der Waals surface area (Å²) in [7, 11) is 0. The lowest BCUT2D eigenvalue weighted by molar-refractivity contribution is 0.410. The fraction of sp³-hybridized carbons (Fsp3) is 0.375. The van der Waals surface area contributed by atoms with E-state index in [2.05, 4.69) is 19.2 Å². The molecule has 2 rings (SSSR count). The van der Waals surface area contributed by atoms with Crippen LogP contribution in [0.1, 0.15) is 37.6 Å². The van der Waals surface area contributed by atoms with Gasteiger partial charge in [-0.25, -0.2) is 4.39 Å². The van der Waals surface area contributed by atoms with E-state index in [4.69, 9.17) is 4.42 Å². The molecule has 0 amide bonds. The zero-order chi connectivity index (χ0) is 13.7. The van der Waals surface area contributed by atoms with E-state index in [0.29, 0.717) is 6.04 Å². The molecule has 0 aliphatic carbocycles. The second-order valence-electron chi connectivity index (χ2n) is 4.86. The molecule has 0 aliphatic heterocycles. The molecule has 1 aromatic heterocycles. The van der Waals surface area contributed by atoms with Crippen LogP contribution in [0.2, 0.25) is 0 Å². The van der Waals surface area contributed by atoms with Crippen molar-refractivity contribution in [3.8, 4) is 0 Å². The third-order valence-corrected chi connectivity index (χ3v) is 3.25. The smallest absolute Gasteiger partial charge is 0.123 e. The van der Waals surface area contributed by atoms with Crippen molar-refractivity contribution < 1.29 is 8.81 Å². The third-order valence-electron chi connectivity index (χ3n) is 3.25. The van der Waals surface area contributed by atoms with Gasteiger partial charge in [0.05, 0.1) is 6.26 Å². The highest BCUT2D eigenvalue weighted by atomic mass is 19.1. The Morgan fingerprint density at radius 1 is 1.21 bits per heavy atom. The van der Waals surface area contributed by atoms with Gasteiger partial charge in [-0.1, -0.05) is 19.1 Å². The largest absolute Gasteiger partial charge is 0.469 e. The van der Waals surface area contributed by atoms with E-state index < -0.39 is 0 Å². The normalized spacial score (nSPS) is 14.3. The van der Waals surface area contributed by atoms with E-state index in [1.807, 2.05) is 24.3 Å². The maximum absolute atomic E-state index is 12.9. The van der Waals surface area contributed by atoms with E-state index in [0.717, 1.165) is 24.2 Å². The molecule has 0 aliphatic rings. The number of rotatable bonds is 6. The second kappa shape index (κ2) is 6.53. The van der Waals surface area contributed by atoms with Crippen molar-refractivity contribution in [3.63, 3.8) is 0 Å². The Hall–Kier alpha value is -1.61. The quantitative estimate of drug-likeness (QED) is 0.847. The van der Waals surface area contributed by atoms with Crippen molar-refractivity contribution in [1.29, 1.82) is 0 Å². The topological polar surface area (TPSA) is 25.2 Å². The molecule has 2 aromatic rings. The van der Waals surface area contributed by atoms with Gasteiger partial charge in [0.15, 0.2) is 0 Å². The van der Waals surface area contributed by atoms with Crippen molar-refractivity contribution >= 4 is 0 Å². The minimum absolute atomic E-state index is 0.192.